The lowest BCUT2D eigenvalue weighted by Gasteiger charge is -2.15. The topological polar surface area (TPSA) is 21.3 Å². The van der Waals surface area contributed by atoms with Gasteiger partial charge in [0.1, 0.15) is 0 Å². The highest BCUT2D eigenvalue weighted by atomic mass is 79.9. The van der Waals surface area contributed by atoms with E-state index in [1.165, 1.54) is 5.56 Å². The van der Waals surface area contributed by atoms with E-state index in [1.807, 2.05) is 12.1 Å². The summed E-state index contributed by atoms with van der Waals surface area (Å²) >= 11 is 3.52. The Kier molecular flexibility index (Phi) is 4.42. The minimum atomic E-state index is 0.430. The van der Waals surface area contributed by atoms with Crippen molar-refractivity contribution in [2.75, 3.05) is 12.4 Å². The molecule has 1 aromatic carbocycles. The Morgan fingerprint density at radius 2 is 2.14 bits per heavy atom. The molecule has 0 amide bonds. The van der Waals surface area contributed by atoms with Gasteiger partial charge in [-0.2, -0.15) is 0 Å². The average molecular weight is 258 g/mol. The number of nitrogens with one attached hydrogen (secondary N) is 1. The van der Waals surface area contributed by atoms with Crippen LogP contribution in [0.4, 0.5) is 5.69 Å². The molecular weight excluding hydrogens is 242 g/mol. The normalized spacial score (nSPS) is 10.6. The van der Waals surface area contributed by atoms with Gasteiger partial charge in [-0.3, -0.25) is 0 Å². The fraction of sp³-hybridized carbons (Fsp3) is 0.455. The lowest BCUT2D eigenvalue weighted by molar-refractivity contribution is 0.185. The van der Waals surface area contributed by atoms with Gasteiger partial charge >= 0.3 is 0 Å². The zero-order valence-corrected chi connectivity index (χ0v) is 10.4. The van der Waals surface area contributed by atoms with Crippen molar-refractivity contribution in [1.29, 1.82) is 0 Å². The zero-order valence-electron chi connectivity index (χ0n) is 8.80. The maximum absolute atomic E-state index is 5.16. The Morgan fingerprint density at radius 3 is 2.71 bits per heavy atom. The van der Waals surface area contributed by atoms with Crippen molar-refractivity contribution < 1.29 is 4.74 Å². The summed E-state index contributed by atoms with van der Waals surface area (Å²) in [6, 6.07) is 6.55. The van der Waals surface area contributed by atoms with Crippen LogP contribution in [0.2, 0.25) is 0 Å². The van der Waals surface area contributed by atoms with Crippen LogP contribution in [0.3, 0.4) is 0 Å². The summed E-state index contributed by atoms with van der Waals surface area (Å²) in [6.45, 7) is 4.87. The van der Waals surface area contributed by atoms with Crippen LogP contribution in [0.5, 0.6) is 0 Å². The largest absolute Gasteiger partial charge is 0.383 e. The summed E-state index contributed by atoms with van der Waals surface area (Å²) in [5.41, 5.74) is 2.31. The van der Waals surface area contributed by atoms with Crippen molar-refractivity contribution in [3.63, 3.8) is 0 Å². The van der Waals surface area contributed by atoms with Crippen molar-refractivity contribution in [3.05, 3.63) is 28.2 Å². The van der Waals surface area contributed by atoms with E-state index in [0.717, 1.165) is 10.2 Å². The Bertz CT molecular complexity index is 299. The molecule has 1 rings (SSSR count). The third kappa shape index (κ3) is 3.00. The van der Waals surface area contributed by atoms with Gasteiger partial charge < -0.3 is 10.1 Å². The molecule has 0 aromatic heterocycles. The summed E-state index contributed by atoms with van der Waals surface area (Å²) in [4.78, 5) is 0. The SMILES string of the molecule is COCc1c(Br)cccc1NC(C)C. The van der Waals surface area contributed by atoms with Gasteiger partial charge in [-0.1, -0.05) is 22.0 Å². The third-order valence-corrected chi connectivity index (χ3v) is 2.59. The summed E-state index contributed by atoms with van der Waals surface area (Å²) in [5.74, 6) is 0. The Labute approximate surface area is 93.8 Å². The van der Waals surface area contributed by atoms with Gasteiger partial charge in [0.05, 0.1) is 6.61 Å². The van der Waals surface area contributed by atoms with Crippen molar-refractivity contribution in [3.8, 4) is 0 Å². The molecule has 78 valence electrons. The minimum absolute atomic E-state index is 0.430. The van der Waals surface area contributed by atoms with Crippen LogP contribution < -0.4 is 5.32 Å². The monoisotopic (exact) mass is 257 g/mol. The number of ether oxygens (including phenoxy) is 1. The molecule has 0 unspecified atom stereocenters. The molecule has 0 fully saturated rings. The van der Waals surface area contributed by atoms with Crippen LogP contribution in [-0.4, -0.2) is 13.2 Å². The molecule has 0 aliphatic rings. The molecule has 2 nitrogen and oxygen atoms in total. The Morgan fingerprint density at radius 1 is 1.43 bits per heavy atom. The molecule has 0 saturated carbocycles. The molecule has 14 heavy (non-hydrogen) atoms. The lowest BCUT2D eigenvalue weighted by Crippen LogP contribution is -2.11. The van der Waals surface area contributed by atoms with Crippen LogP contribution in [0.15, 0.2) is 22.7 Å². The maximum Gasteiger partial charge on any atom is 0.0744 e. The van der Waals surface area contributed by atoms with E-state index in [9.17, 15) is 0 Å². The van der Waals surface area contributed by atoms with Crippen LogP contribution >= 0.6 is 15.9 Å². The second kappa shape index (κ2) is 5.37. The number of methoxy groups -OCH3 is 1. The lowest BCUT2D eigenvalue weighted by atomic mass is 10.1. The predicted octanol–water partition coefficient (Wildman–Crippen LogP) is 3.42. The van der Waals surface area contributed by atoms with Crippen molar-refractivity contribution in [2.24, 2.45) is 0 Å². The standard InChI is InChI=1S/C11H16BrNO/c1-8(2)13-11-6-4-5-10(12)9(11)7-14-3/h4-6,8,13H,7H2,1-3H3. The molecule has 0 heterocycles. The average Bonchev–Trinajstić information content (AvgIpc) is 2.10. The van der Waals surface area contributed by atoms with E-state index >= 15 is 0 Å². The molecule has 0 aliphatic carbocycles. The molecule has 0 atom stereocenters. The fourth-order valence-electron chi connectivity index (χ4n) is 1.30. The second-order valence-corrected chi connectivity index (χ2v) is 4.35. The van der Waals surface area contributed by atoms with Gasteiger partial charge in [-0.25, -0.2) is 0 Å². The van der Waals surface area contributed by atoms with E-state index in [-0.39, 0.29) is 0 Å². The molecule has 0 radical (unpaired) electrons. The number of hydrogen-bond donors (Lipinski definition) is 1. The van der Waals surface area contributed by atoms with Gasteiger partial charge in [0.25, 0.3) is 0 Å². The van der Waals surface area contributed by atoms with E-state index in [0.29, 0.717) is 12.6 Å². The highest BCUT2D eigenvalue weighted by Crippen LogP contribution is 2.25. The van der Waals surface area contributed by atoms with Gasteiger partial charge in [0.2, 0.25) is 0 Å². The first-order valence-corrected chi connectivity index (χ1v) is 5.47. The van der Waals surface area contributed by atoms with Gasteiger partial charge in [-0.05, 0) is 26.0 Å². The first-order chi connectivity index (χ1) is 6.65. The number of halogens is 1. The predicted molar refractivity (Wildman–Crippen MR) is 63.6 cm³/mol. The van der Waals surface area contributed by atoms with E-state index < -0.39 is 0 Å². The quantitative estimate of drug-likeness (QED) is 0.893. The molecule has 0 spiro atoms. The van der Waals surface area contributed by atoms with E-state index in [2.05, 4.69) is 41.2 Å². The first-order valence-electron chi connectivity index (χ1n) is 4.68. The molecule has 1 N–H and O–H groups in total. The second-order valence-electron chi connectivity index (χ2n) is 3.50. The van der Waals surface area contributed by atoms with Gasteiger partial charge in [-0.15, -0.1) is 0 Å². The van der Waals surface area contributed by atoms with E-state index in [4.69, 9.17) is 4.74 Å². The highest BCUT2D eigenvalue weighted by molar-refractivity contribution is 9.10. The van der Waals surface area contributed by atoms with Gasteiger partial charge in [0, 0.05) is 28.9 Å². The third-order valence-electron chi connectivity index (χ3n) is 1.85. The molecule has 0 saturated heterocycles. The zero-order chi connectivity index (χ0) is 10.6. The summed E-state index contributed by atoms with van der Waals surface area (Å²) in [7, 11) is 1.71. The van der Waals surface area contributed by atoms with Gasteiger partial charge in [0.15, 0.2) is 0 Å². The molecule has 0 bridgehead atoms. The first kappa shape index (κ1) is 11.5. The highest BCUT2D eigenvalue weighted by Gasteiger charge is 2.06. The van der Waals surface area contributed by atoms with Crippen LogP contribution in [0.1, 0.15) is 19.4 Å². The summed E-state index contributed by atoms with van der Waals surface area (Å²) < 4.78 is 6.25. The van der Waals surface area contributed by atoms with Crippen LogP contribution in [0.25, 0.3) is 0 Å². The van der Waals surface area contributed by atoms with Crippen LogP contribution in [0, 0.1) is 0 Å². The number of hydrogen-bond acceptors (Lipinski definition) is 2. The van der Waals surface area contributed by atoms with Crippen molar-refractivity contribution in [2.45, 2.75) is 26.5 Å². The molecule has 3 heteroatoms. The minimum Gasteiger partial charge on any atom is -0.383 e. The summed E-state index contributed by atoms with van der Waals surface area (Å²) in [5, 5.41) is 3.39. The number of rotatable bonds is 4. The Balaban J connectivity index is 2.95. The van der Waals surface area contributed by atoms with Crippen molar-refractivity contribution >= 4 is 21.6 Å². The van der Waals surface area contributed by atoms with Crippen LogP contribution in [-0.2, 0) is 11.3 Å². The van der Waals surface area contributed by atoms with Crippen molar-refractivity contribution in [1.82, 2.24) is 0 Å². The smallest absolute Gasteiger partial charge is 0.0744 e. The maximum atomic E-state index is 5.16. The molecular formula is C11H16BrNO. The molecule has 0 aliphatic heterocycles. The fourth-order valence-corrected chi connectivity index (χ4v) is 1.78. The number of benzene rings is 1. The molecule has 1 aromatic rings. The number of anilines is 1. The summed E-state index contributed by atoms with van der Waals surface area (Å²) in [6.07, 6.45) is 0. The van der Waals surface area contributed by atoms with E-state index in [1.54, 1.807) is 7.11 Å². The Hall–Kier alpha value is -0.540.